The number of aromatic nitrogens is 1. The largest absolute Gasteiger partial charge is 0.311 e. The van der Waals surface area contributed by atoms with E-state index in [2.05, 4.69) is 61.4 Å². The molecule has 18 heavy (non-hydrogen) atoms. The molecule has 0 saturated carbocycles. The van der Waals surface area contributed by atoms with Crippen molar-refractivity contribution < 1.29 is 0 Å². The molecular weight excluding hydrogens is 220 g/mol. The Morgan fingerprint density at radius 1 is 1.39 bits per heavy atom. The number of benzene rings is 1. The van der Waals surface area contributed by atoms with Gasteiger partial charge in [0.15, 0.2) is 0 Å². The van der Waals surface area contributed by atoms with Crippen molar-refractivity contribution in [3.8, 4) is 0 Å². The van der Waals surface area contributed by atoms with Gasteiger partial charge in [-0.15, -0.1) is 0 Å². The lowest BCUT2D eigenvalue weighted by Crippen LogP contribution is -2.26. The first-order valence-corrected chi connectivity index (χ1v) is 6.47. The summed E-state index contributed by atoms with van der Waals surface area (Å²) < 4.78 is 0. The highest BCUT2D eigenvalue weighted by molar-refractivity contribution is 5.81. The summed E-state index contributed by atoms with van der Waals surface area (Å²) in [7, 11) is 0. The molecule has 1 atom stereocenters. The highest BCUT2D eigenvalue weighted by atomic mass is 14.9. The third-order valence-corrected chi connectivity index (χ3v) is 3.21. The number of rotatable bonds is 4. The number of nitrogens with zero attached hydrogens (tertiary/aromatic N) is 1. The first-order valence-electron chi connectivity index (χ1n) is 6.47. The van der Waals surface area contributed by atoms with E-state index in [4.69, 9.17) is 0 Å². The van der Waals surface area contributed by atoms with Crippen LogP contribution in [0.5, 0.6) is 0 Å². The fourth-order valence-electron chi connectivity index (χ4n) is 2.04. The zero-order chi connectivity index (χ0) is 13.0. The standard InChI is InChI=1S/C16H20N2/c1-4-17-13(3)12(2)10-14-7-8-16-15(11-14)6-5-9-18-16/h5-11,13,17H,4H2,1-3H3/b12-10+. The lowest BCUT2D eigenvalue weighted by Gasteiger charge is -2.13. The number of fused-ring (bicyclic) bond motifs is 1. The van der Waals surface area contributed by atoms with Gasteiger partial charge in [-0.1, -0.05) is 30.7 Å². The van der Waals surface area contributed by atoms with Gasteiger partial charge in [-0.2, -0.15) is 0 Å². The SMILES string of the molecule is CCNC(C)/C(C)=C/c1ccc2ncccc2c1. The molecule has 2 heteroatoms. The molecule has 2 aromatic rings. The van der Waals surface area contributed by atoms with E-state index in [1.165, 1.54) is 16.5 Å². The molecule has 0 bridgehead atoms. The fraction of sp³-hybridized carbons (Fsp3) is 0.312. The average Bonchev–Trinajstić information content (AvgIpc) is 2.39. The van der Waals surface area contributed by atoms with Crippen molar-refractivity contribution in [2.24, 2.45) is 0 Å². The van der Waals surface area contributed by atoms with E-state index in [-0.39, 0.29) is 0 Å². The minimum atomic E-state index is 0.416. The van der Waals surface area contributed by atoms with Gasteiger partial charge in [0.2, 0.25) is 0 Å². The van der Waals surface area contributed by atoms with E-state index in [0.717, 1.165) is 12.1 Å². The van der Waals surface area contributed by atoms with Crippen molar-refractivity contribution in [1.82, 2.24) is 10.3 Å². The first kappa shape index (κ1) is 12.8. The second-order valence-corrected chi connectivity index (χ2v) is 4.62. The van der Waals surface area contributed by atoms with Crippen LogP contribution >= 0.6 is 0 Å². The molecule has 0 radical (unpaired) electrons. The summed E-state index contributed by atoms with van der Waals surface area (Å²) in [4.78, 5) is 4.33. The van der Waals surface area contributed by atoms with E-state index in [0.29, 0.717) is 6.04 Å². The summed E-state index contributed by atoms with van der Waals surface area (Å²) in [5.41, 5.74) is 3.63. The molecule has 1 aromatic heterocycles. The van der Waals surface area contributed by atoms with Gasteiger partial charge in [-0.05, 0) is 44.2 Å². The van der Waals surface area contributed by atoms with Crippen LogP contribution in [0.4, 0.5) is 0 Å². The minimum Gasteiger partial charge on any atom is -0.311 e. The van der Waals surface area contributed by atoms with E-state index in [1.54, 1.807) is 0 Å². The van der Waals surface area contributed by atoms with Gasteiger partial charge < -0.3 is 5.32 Å². The number of nitrogens with one attached hydrogen (secondary N) is 1. The van der Waals surface area contributed by atoms with E-state index in [1.807, 2.05) is 12.3 Å². The third kappa shape index (κ3) is 2.96. The van der Waals surface area contributed by atoms with Crippen LogP contribution in [0, 0.1) is 0 Å². The van der Waals surface area contributed by atoms with Gasteiger partial charge in [0.25, 0.3) is 0 Å². The highest BCUT2D eigenvalue weighted by Crippen LogP contribution is 2.16. The molecule has 2 nitrogen and oxygen atoms in total. The summed E-state index contributed by atoms with van der Waals surface area (Å²) in [6, 6.07) is 10.9. The Hall–Kier alpha value is -1.67. The third-order valence-electron chi connectivity index (χ3n) is 3.21. The predicted octanol–water partition coefficient (Wildman–Crippen LogP) is 3.64. The number of likely N-dealkylation sites (N-methyl/N-ethyl adjacent to an activating group) is 1. The smallest absolute Gasteiger partial charge is 0.0702 e. The van der Waals surface area contributed by atoms with Crippen LogP contribution in [0.3, 0.4) is 0 Å². The number of pyridine rings is 1. The fourth-order valence-corrected chi connectivity index (χ4v) is 2.04. The van der Waals surface area contributed by atoms with Crippen LogP contribution in [0.1, 0.15) is 26.3 Å². The zero-order valence-corrected chi connectivity index (χ0v) is 11.3. The Bertz CT molecular complexity index is 558. The van der Waals surface area contributed by atoms with Crippen molar-refractivity contribution in [2.45, 2.75) is 26.8 Å². The minimum absolute atomic E-state index is 0.416. The molecule has 0 saturated heterocycles. The predicted molar refractivity (Wildman–Crippen MR) is 78.5 cm³/mol. The maximum atomic E-state index is 4.33. The monoisotopic (exact) mass is 240 g/mol. The number of hydrogen-bond donors (Lipinski definition) is 1. The Morgan fingerprint density at radius 2 is 2.22 bits per heavy atom. The molecule has 1 heterocycles. The molecule has 1 unspecified atom stereocenters. The van der Waals surface area contributed by atoms with Gasteiger partial charge >= 0.3 is 0 Å². The van der Waals surface area contributed by atoms with Gasteiger partial charge in [0, 0.05) is 17.6 Å². The Kier molecular flexibility index (Phi) is 4.11. The zero-order valence-electron chi connectivity index (χ0n) is 11.3. The van der Waals surface area contributed by atoms with Crippen LogP contribution in [-0.2, 0) is 0 Å². The molecule has 94 valence electrons. The second kappa shape index (κ2) is 5.78. The molecule has 0 amide bonds. The second-order valence-electron chi connectivity index (χ2n) is 4.62. The van der Waals surface area contributed by atoms with Gasteiger partial charge in [-0.3, -0.25) is 4.98 Å². The molecule has 0 spiro atoms. The van der Waals surface area contributed by atoms with Crippen LogP contribution in [-0.4, -0.2) is 17.6 Å². The van der Waals surface area contributed by atoms with Crippen molar-refractivity contribution in [1.29, 1.82) is 0 Å². The Balaban J connectivity index is 2.28. The summed E-state index contributed by atoms with van der Waals surface area (Å²) in [6.07, 6.45) is 4.07. The molecule has 0 aliphatic rings. The van der Waals surface area contributed by atoms with E-state index >= 15 is 0 Å². The molecular formula is C16H20N2. The van der Waals surface area contributed by atoms with Crippen LogP contribution in [0.15, 0.2) is 42.1 Å². The molecule has 1 aromatic carbocycles. The maximum absolute atomic E-state index is 4.33. The summed E-state index contributed by atoms with van der Waals surface area (Å²) >= 11 is 0. The van der Waals surface area contributed by atoms with Gasteiger partial charge in [0.1, 0.15) is 0 Å². The molecule has 2 rings (SSSR count). The van der Waals surface area contributed by atoms with Crippen LogP contribution < -0.4 is 5.32 Å². The van der Waals surface area contributed by atoms with Gasteiger partial charge in [0.05, 0.1) is 5.52 Å². The molecule has 0 fully saturated rings. The quantitative estimate of drug-likeness (QED) is 0.882. The molecule has 0 aliphatic carbocycles. The van der Waals surface area contributed by atoms with E-state index in [9.17, 15) is 0 Å². The van der Waals surface area contributed by atoms with Gasteiger partial charge in [-0.25, -0.2) is 0 Å². The van der Waals surface area contributed by atoms with Crippen molar-refractivity contribution in [2.75, 3.05) is 6.54 Å². The van der Waals surface area contributed by atoms with Crippen molar-refractivity contribution >= 4 is 17.0 Å². The van der Waals surface area contributed by atoms with Crippen LogP contribution in [0.25, 0.3) is 17.0 Å². The lowest BCUT2D eigenvalue weighted by molar-refractivity contribution is 0.636. The Morgan fingerprint density at radius 3 is 3.00 bits per heavy atom. The highest BCUT2D eigenvalue weighted by Gasteiger charge is 2.02. The maximum Gasteiger partial charge on any atom is 0.0702 e. The lowest BCUT2D eigenvalue weighted by atomic mass is 10.0. The van der Waals surface area contributed by atoms with Crippen LogP contribution in [0.2, 0.25) is 0 Å². The topological polar surface area (TPSA) is 24.9 Å². The summed E-state index contributed by atoms with van der Waals surface area (Å²) in [6.45, 7) is 7.48. The van der Waals surface area contributed by atoms with Crippen molar-refractivity contribution in [3.63, 3.8) is 0 Å². The van der Waals surface area contributed by atoms with Crippen molar-refractivity contribution in [3.05, 3.63) is 47.7 Å². The normalized spacial score (nSPS) is 13.8. The Labute approximate surface area is 109 Å². The van der Waals surface area contributed by atoms with E-state index < -0.39 is 0 Å². The molecule has 0 aliphatic heterocycles. The summed E-state index contributed by atoms with van der Waals surface area (Å²) in [5, 5.41) is 4.61. The summed E-state index contributed by atoms with van der Waals surface area (Å²) in [5.74, 6) is 0. The number of hydrogen-bond acceptors (Lipinski definition) is 2. The first-order chi connectivity index (χ1) is 8.70. The molecule has 1 N–H and O–H groups in total. The average molecular weight is 240 g/mol.